The van der Waals surface area contributed by atoms with E-state index in [0.717, 1.165) is 5.69 Å². The van der Waals surface area contributed by atoms with E-state index < -0.39 is 0 Å². The molecule has 0 aliphatic carbocycles. The third-order valence-corrected chi connectivity index (χ3v) is 5.20. The topological polar surface area (TPSA) is 67.5 Å². The van der Waals surface area contributed by atoms with Crippen LogP contribution in [0.4, 0.5) is 10.1 Å². The highest BCUT2D eigenvalue weighted by molar-refractivity contribution is 7.11. The monoisotopic (exact) mass is 371 g/mol. The van der Waals surface area contributed by atoms with Crippen LogP contribution in [0, 0.1) is 12.7 Å². The van der Waals surface area contributed by atoms with E-state index in [1.165, 1.54) is 24.3 Å². The number of aliphatic hydroxyl groups is 1. The maximum atomic E-state index is 13.9. The summed E-state index contributed by atoms with van der Waals surface area (Å²) in [7, 11) is 0. The minimum absolute atomic E-state index is 0.0336. The van der Waals surface area contributed by atoms with Crippen LogP contribution in [0.2, 0.25) is 0 Å². The highest BCUT2D eigenvalue weighted by atomic mass is 32.1. The molecule has 5 nitrogen and oxygen atoms in total. The van der Waals surface area contributed by atoms with Crippen LogP contribution >= 0.6 is 11.3 Å². The minimum Gasteiger partial charge on any atom is -0.395 e. The number of carbonyl (C=O) groups excluding carboxylic acids is 1. The molecule has 0 unspecified atom stereocenters. The van der Waals surface area contributed by atoms with Gasteiger partial charge in [0.15, 0.2) is 10.6 Å². The number of pyridine rings is 1. The average Bonchev–Trinajstić information content (AvgIpc) is 2.93. The fourth-order valence-corrected chi connectivity index (χ4v) is 3.72. The second kappa shape index (κ2) is 7.72. The number of thiazole rings is 1. The van der Waals surface area contributed by atoms with Crippen molar-refractivity contribution in [3.05, 3.63) is 63.8 Å². The van der Waals surface area contributed by atoms with Gasteiger partial charge in [-0.05, 0) is 31.2 Å². The lowest BCUT2D eigenvalue weighted by Gasteiger charge is -2.04. The molecule has 26 heavy (non-hydrogen) atoms. The Kier molecular flexibility index (Phi) is 5.39. The molecule has 0 aliphatic rings. The minimum atomic E-state index is -0.328. The molecular formula is C19H18FN3O2S. The molecule has 0 saturated heterocycles. The average molecular weight is 371 g/mol. The summed E-state index contributed by atoms with van der Waals surface area (Å²) in [5, 5.41) is 9.28. The van der Waals surface area contributed by atoms with Crippen LogP contribution in [-0.2, 0) is 6.54 Å². The molecule has 2 aromatic heterocycles. The first-order valence-electron chi connectivity index (χ1n) is 8.09. The third kappa shape index (κ3) is 3.63. The highest BCUT2D eigenvalue weighted by Crippen LogP contribution is 2.22. The van der Waals surface area contributed by atoms with Gasteiger partial charge in [-0.3, -0.25) is 9.78 Å². The third-order valence-electron chi connectivity index (χ3n) is 3.92. The van der Waals surface area contributed by atoms with Crippen molar-refractivity contribution in [1.82, 2.24) is 9.55 Å². The van der Waals surface area contributed by atoms with Gasteiger partial charge in [-0.1, -0.05) is 23.5 Å². The number of rotatable bonds is 5. The van der Waals surface area contributed by atoms with Crippen molar-refractivity contribution < 1.29 is 14.3 Å². The Balaban J connectivity index is 2.02. The predicted octanol–water partition coefficient (Wildman–Crippen LogP) is 3.49. The summed E-state index contributed by atoms with van der Waals surface area (Å²) in [6.07, 6.45) is 1.56. The molecular weight excluding hydrogens is 353 g/mol. The smallest absolute Gasteiger partial charge is 0.190 e. The van der Waals surface area contributed by atoms with Crippen LogP contribution in [0.1, 0.15) is 22.3 Å². The Bertz CT molecular complexity index is 1010. The normalized spacial score (nSPS) is 11.8. The maximum absolute atomic E-state index is 13.9. The number of aromatic nitrogens is 2. The van der Waals surface area contributed by atoms with Crippen LogP contribution in [-0.4, -0.2) is 27.0 Å². The summed E-state index contributed by atoms with van der Waals surface area (Å²) in [5.74, 6) is -0.362. The molecule has 2 heterocycles. The molecule has 0 atom stereocenters. The van der Waals surface area contributed by atoms with Crippen LogP contribution in [0.25, 0.3) is 11.3 Å². The number of carbonyl (C=O) groups is 1. The predicted molar refractivity (Wildman–Crippen MR) is 99.0 cm³/mol. The van der Waals surface area contributed by atoms with Gasteiger partial charge < -0.3 is 9.67 Å². The van der Waals surface area contributed by atoms with Gasteiger partial charge in [0.05, 0.1) is 29.1 Å². The molecule has 7 heteroatoms. The Hall–Kier alpha value is -2.64. The molecule has 3 rings (SSSR count). The molecule has 0 radical (unpaired) electrons. The van der Waals surface area contributed by atoms with Crippen LogP contribution in [0.3, 0.4) is 0 Å². The van der Waals surface area contributed by atoms with E-state index in [4.69, 9.17) is 0 Å². The standard InChI is InChI=1S/C19H18FN3O2S/c1-12-18(13(2)25)26-19(23(12)9-10-24)22-14-7-8-17(21-11-14)15-5-3-4-6-16(15)20/h3-8,11,24H,9-10H2,1-2H3/b22-19-. The molecule has 0 fully saturated rings. The molecule has 0 saturated carbocycles. The van der Waals surface area contributed by atoms with E-state index in [1.807, 2.05) is 11.5 Å². The van der Waals surface area contributed by atoms with Crippen molar-refractivity contribution in [3.8, 4) is 11.3 Å². The zero-order valence-electron chi connectivity index (χ0n) is 14.4. The Morgan fingerprint density at radius 2 is 2.08 bits per heavy atom. The first kappa shape index (κ1) is 18.2. The summed E-state index contributed by atoms with van der Waals surface area (Å²) in [5.41, 5.74) is 2.33. The molecule has 0 amide bonds. The van der Waals surface area contributed by atoms with Crippen LogP contribution in [0.5, 0.6) is 0 Å². The lowest BCUT2D eigenvalue weighted by molar-refractivity contribution is 0.102. The van der Waals surface area contributed by atoms with Gasteiger partial charge in [0.1, 0.15) is 5.82 Å². The number of hydrogen-bond donors (Lipinski definition) is 1. The van der Waals surface area contributed by atoms with E-state index in [0.29, 0.717) is 33.2 Å². The van der Waals surface area contributed by atoms with Crippen molar-refractivity contribution in [1.29, 1.82) is 0 Å². The van der Waals surface area contributed by atoms with Crippen LogP contribution in [0.15, 0.2) is 47.6 Å². The number of benzene rings is 1. The maximum Gasteiger partial charge on any atom is 0.190 e. The van der Waals surface area contributed by atoms with Gasteiger partial charge in [-0.15, -0.1) is 0 Å². The Labute approximate surface area is 154 Å². The molecule has 1 N–H and O–H groups in total. The SMILES string of the molecule is CC(=O)c1s/c(=N\c2ccc(-c3ccccc3F)nc2)n(CCO)c1C. The Morgan fingerprint density at radius 1 is 1.31 bits per heavy atom. The molecule has 1 aromatic carbocycles. The second-order valence-electron chi connectivity index (χ2n) is 5.72. The van der Waals surface area contributed by atoms with Crippen molar-refractivity contribution in [2.45, 2.75) is 20.4 Å². The summed E-state index contributed by atoms with van der Waals surface area (Å²) in [6.45, 7) is 3.65. The first-order chi connectivity index (χ1) is 12.5. The zero-order chi connectivity index (χ0) is 18.7. The van der Waals surface area contributed by atoms with Gasteiger partial charge in [0.2, 0.25) is 0 Å². The van der Waals surface area contributed by atoms with Gasteiger partial charge in [-0.25, -0.2) is 9.38 Å². The van der Waals surface area contributed by atoms with Gasteiger partial charge in [0.25, 0.3) is 0 Å². The fraction of sp³-hybridized carbons (Fsp3) is 0.211. The second-order valence-corrected chi connectivity index (χ2v) is 6.70. The van der Waals surface area contributed by atoms with E-state index >= 15 is 0 Å². The molecule has 134 valence electrons. The lowest BCUT2D eigenvalue weighted by atomic mass is 10.1. The summed E-state index contributed by atoms with van der Waals surface area (Å²) in [6, 6.07) is 9.92. The quantitative estimate of drug-likeness (QED) is 0.698. The number of nitrogens with zero attached hydrogens (tertiary/aromatic N) is 3. The van der Waals surface area contributed by atoms with E-state index in [9.17, 15) is 14.3 Å². The lowest BCUT2D eigenvalue weighted by Crippen LogP contribution is -2.18. The van der Waals surface area contributed by atoms with Crippen molar-refractivity contribution in [2.75, 3.05) is 6.61 Å². The van der Waals surface area contributed by atoms with E-state index in [1.54, 1.807) is 36.5 Å². The number of hydrogen-bond acceptors (Lipinski definition) is 5. The number of halogens is 1. The fourth-order valence-electron chi connectivity index (χ4n) is 2.65. The molecule has 3 aromatic rings. The highest BCUT2D eigenvalue weighted by Gasteiger charge is 2.13. The van der Waals surface area contributed by atoms with Gasteiger partial charge in [-0.2, -0.15) is 0 Å². The van der Waals surface area contributed by atoms with E-state index in [-0.39, 0.29) is 18.2 Å². The molecule has 0 bridgehead atoms. The zero-order valence-corrected chi connectivity index (χ0v) is 15.3. The van der Waals surface area contributed by atoms with E-state index in [2.05, 4.69) is 9.98 Å². The summed E-state index contributed by atoms with van der Waals surface area (Å²) >= 11 is 1.28. The largest absolute Gasteiger partial charge is 0.395 e. The van der Waals surface area contributed by atoms with Crippen LogP contribution < -0.4 is 4.80 Å². The van der Waals surface area contributed by atoms with Crippen molar-refractivity contribution in [3.63, 3.8) is 0 Å². The number of aliphatic hydroxyl groups excluding tert-OH is 1. The Morgan fingerprint density at radius 3 is 2.69 bits per heavy atom. The van der Waals surface area contributed by atoms with Crippen molar-refractivity contribution >= 4 is 22.8 Å². The number of Topliss-reactive ketones (excluding diaryl/α,β-unsaturated/α-hetero) is 1. The number of ketones is 1. The molecule has 0 spiro atoms. The summed E-state index contributed by atoms with van der Waals surface area (Å²) < 4.78 is 15.7. The van der Waals surface area contributed by atoms with Crippen molar-refractivity contribution in [2.24, 2.45) is 4.99 Å². The van der Waals surface area contributed by atoms with Gasteiger partial charge in [0, 0.05) is 24.7 Å². The molecule has 0 aliphatic heterocycles. The summed E-state index contributed by atoms with van der Waals surface area (Å²) in [4.78, 5) is 21.8. The first-order valence-corrected chi connectivity index (χ1v) is 8.90. The van der Waals surface area contributed by atoms with Gasteiger partial charge >= 0.3 is 0 Å².